The molecule has 0 heterocycles. The van der Waals surface area contributed by atoms with Crippen LogP contribution in [0, 0.1) is 0 Å². The molecular formula is C11H15NO3S. The number of hydrogen-bond donors (Lipinski definition) is 0. The van der Waals surface area contributed by atoms with Crippen molar-refractivity contribution in [2.75, 3.05) is 20.4 Å². The molecule has 0 fully saturated rings. The van der Waals surface area contributed by atoms with E-state index in [1.165, 1.54) is 17.0 Å². The Labute approximate surface area is 95.8 Å². The van der Waals surface area contributed by atoms with Gasteiger partial charge in [-0.1, -0.05) is 12.1 Å². The number of carbonyl (C=O) groups is 1. The first-order valence-corrected chi connectivity index (χ1v) is 6.69. The van der Waals surface area contributed by atoms with Crippen molar-refractivity contribution in [3.63, 3.8) is 0 Å². The quantitative estimate of drug-likeness (QED) is 0.783. The molecule has 16 heavy (non-hydrogen) atoms. The summed E-state index contributed by atoms with van der Waals surface area (Å²) in [5.41, 5.74) is 0.811. The highest BCUT2D eigenvalue weighted by Crippen LogP contribution is 2.11. The highest BCUT2D eigenvalue weighted by atomic mass is 32.2. The lowest BCUT2D eigenvalue weighted by atomic mass is 10.1. The molecule has 0 saturated carbocycles. The number of likely N-dealkylation sites (N-methyl/N-ethyl adjacent to an activating group) is 1. The van der Waals surface area contributed by atoms with Crippen molar-refractivity contribution >= 4 is 15.7 Å². The molecule has 0 aliphatic rings. The standard InChI is InChI=1S/C11H15NO3S/c1-12(2)11(13)8-9-4-6-10(7-5-9)16(3,14)15/h4-7H,8H2,1-3H3. The molecule has 0 spiro atoms. The van der Waals surface area contributed by atoms with E-state index in [0.717, 1.165) is 11.8 Å². The van der Waals surface area contributed by atoms with Crippen molar-refractivity contribution in [3.05, 3.63) is 29.8 Å². The third kappa shape index (κ3) is 3.34. The van der Waals surface area contributed by atoms with Crippen molar-refractivity contribution < 1.29 is 13.2 Å². The first kappa shape index (κ1) is 12.7. The minimum atomic E-state index is -3.16. The van der Waals surface area contributed by atoms with Crippen LogP contribution in [-0.4, -0.2) is 39.6 Å². The van der Waals surface area contributed by atoms with Gasteiger partial charge in [-0.25, -0.2) is 8.42 Å². The zero-order valence-corrected chi connectivity index (χ0v) is 10.4. The van der Waals surface area contributed by atoms with Gasteiger partial charge in [0.1, 0.15) is 0 Å². The number of carbonyl (C=O) groups excluding carboxylic acids is 1. The van der Waals surface area contributed by atoms with Crippen LogP contribution in [0.5, 0.6) is 0 Å². The Bertz CT molecular complexity index is 474. The molecule has 4 nitrogen and oxygen atoms in total. The van der Waals surface area contributed by atoms with Crippen LogP contribution < -0.4 is 0 Å². The summed E-state index contributed by atoms with van der Waals surface area (Å²) in [4.78, 5) is 13.2. The Morgan fingerprint density at radius 3 is 2.06 bits per heavy atom. The average Bonchev–Trinajstić information content (AvgIpc) is 2.17. The van der Waals surface area contributed by atoms with E-state index in [1.54, 1.807) is 26.2 Å². The summed E-state index contributed by atoms with van der Waals surface area (Å²) in [6, 6.07) is 6.37. The Morgan fingerprint density at radius 1 is 1.19 bits per heavy atom. The normalized spacial score (nSPS) is 11.2. The smallest absolute Gasteiger partial charge is 0.226 e. The number of benzene rings is 1. The fourth-order valence-corrected chi connectivity index (χ4v) is 1.82. The van der Waals surface area contributed by atoms with Gasteiger partial charge in [-0.3, -0.25) is 4.79 Å². The maximum Gasteiger partial charge on any atom is 0.226 e. The van der Waals surface area contributed by atoms with Crippen molar-refractivity contribution in [1.82, 2.24) is 4.90 Å². The van der Waals surface area contributed by atoms with E-state index >= 15 is 0 Å². The Hall–Kier alpha value is -1.36. The first-order chi connectivity index (χ1) is 7.30. The minimum absolute atomic E-state index is 0.00731. The molecule has 5 heteroatoms. The van der Waals surface area contributed by atoms with Gasteiger partial charge in [-0.05, 0) is 17.7 Å². The largest absolute Gasteiger partial charge is 0.349 e. The molecule has 1 rings (SSSR count). The molecule has 0 N–H and O–H groups in total. The van der Waals surface area contributed by atoms with Crippen LogP contribution in [0.2, 0.25) is 0 Å². The van der Waals surface area contributed by atoms with Crippen LogP contribution in [0.3, 0.4) is 0 Å². The molecule has 0 unspecified atom stereocenters. The number of sulfone groups is 1. The molecule has 0 bridgehead atoms. The van der Waals surface area contributed by atoms with Crippen LogP contribution in [0.1, 0.15) is 5.56 Å². The summed E-state index contributed by atoms with van der Waals surface area (Å²) in [5.74, 6) is -0.00731. The van der Waals surface area contributed by atoms with Crippen molar-refractivity contribution in [2.24, 2.45) is 0 Å². The first-order valence-electron chi connectivity index (χ1n) is 4.80. The predicted molar refractivity (Wildman–Crippen MR) is 61.9 cm³/mol. The van der Waals surface area contributed by atoms with Gasteiger partial charge in [0.2, 0.25) is 5.91 Å². The van der Waals surface area contributed by atoms with Crippen LogP contribution in [0.25, 0.3) is 0 Å². The average molecular weight is 241 g/mol. The summed E-state index contributed by atoms with van der Waals surface area (Å²) in [6.07, 6.45) is 1.45. The van der Waals surface area contributed by atoms with Gasteiger partial charge in [-0.2, -0.15) is 0 Å². The number of rotatable bonds is 3. The van der Waals surface area contributed by atoms with Crippen LogP contribution in [0.15, 0.2) is 29.2 Å². The molecule has 0 aliphatic carbocycles. The molecule has 1 aromatic rings. The lowest BCUT2D eigenvalue weighted by Gasteiger charge is -2.10. The number of hydrogen-bond acceptors (Lipinski definition) is 3. The van der Waals surface area contributed by atoms with E-state index in [1.807, 2.05) is 0 Å². The molecule has 1 aromatic carbocycles. The maximum absolute atomic E-state index is 11.4. The van der Waals surface area contributed by atoms with Crippen molar-refractivity contribution in [2.45, 2.75) is 11.3 Å². The van der Waals surface area contributed by atoms with Gasteiger partial charge >= 0.3 is 0 Å². The summed E-state index contributed by atoms with van der Waals surface area (Å²) in [5, 5.41) is 0. The lowest BCUT2D eigenvalue weighted by Crippen LogP contribution is -2.23. The van der Waals surface area contributed by atoms with Crippen molar-refractivity contribution in [1.29, 1.82) is 0 Å². The topological polar surface area (TPSA) is 54.5 Å². The second-order valence-electron chi connectivity index (χ2n) is 3.88. The highest BCUT2D eigenvalue weighted by Gasteiger charge is 2.08. The SMILES string of the molecule is CN(C)C(=O)Cc1ccc(S(C)(=O)=O)cc1. The Kier molecular flexibility index (Phi) is 3.70. The summed E-state index contributed by atoms with van der Waals surface area (Å²) in [7, 11) is 0.216. The van der Waals surface area contributed by atoms with E-state index in [0.29, 0.717) is 0 Å². The van der Waals surface area contributed by atoms with Gasteiger partial charge < -0.3 is 4.90 Å². The van der Waals surface area contributed by atoms with E-state index in [-0.39, 0.29) is 17.2 Å². The summed E-state index contributed by atoms with van der Waals surface area (Å²) >= 11 is 0. The second-order valence-corrected chi connectivity index (χ2v) is 5.90. The fraction of sp³-hybridized carbons (Fsp3) is 0.364. The highest BCUT2D eigenvalue weighted by molar-refractivity contribution is 7.90. The van der Waals surface area contributed by atoms with Crippen LogP contribution in [-0.2, 0) is 21.1 Å². The maximum atomic E-state index is 11.4. The van der Waals surface area contributed by atoms with Gasteiger partial charge in [0.25, 0.3) is 0 Å². The monoisotopic (exact) mass is 241 g/mol. The molecule has 0 radical (unpaired) electrons. The van der Waals surface area contributed by atoms with E-state index < -0.39 is 9.84 Å². The molecular weight excluding hydrogens is 226 g/mol. The van der Waals surface area contributed by atoms with E-state index in [4.69, 9.17) is 0 Å². The molecule has 0 aliphatic heterocycles. The predicted octanol–water partition coefficient (Wildman–Crippen LogP) is 0.721. The molecule has 0 saturated heterocycles. The zero-order chi connectivity index (χ0) is 12.3. The van der Waals surface area contributed by atoms with Crippen molar-refractivity contribution in [3.8, 4) is 0 Å². The van der Waals surface area contributed by atoms with Gasteiger partial charge in [-0.15, -0.1) is 0 Å². The van der Waals surface area contributed by atoms with Gasteiger partial charge in [0.05, 0.1) is 11.3 Å². The molecule has 0 aromatic heterocycles. The fourth-order valence-electron chi connectivity index (χ4n) is 1.19. The van der Waals surface area contributed by atoms with Gasteiger partial charge in [0.15, 0.2) is 9.84 Å². The van der Waals surface area contributed by atoms with E-state index in [2.05, 4.69) is 0 Å². The Morgan fingerprint density at radius 2 is 1.69 bits per heavy atom. The Balaban J connectivity index is 2.84. The van der Waals surface area contributed by atoms with Gasteiger partial charge in [0, 0.05) is 20.4 Å². The van der Waals surface area contributed by atoms with Crippen LogP contribution in [0.4, 0.5) is 0 Å². The third-order valence-corrected chi connectivity index (χ3v) is 3.33. The molecule has 1 amide bonds. The lowest BCUT2D eigenvalue weighted by molar-refractivity contribution is -0.127. The summed E-state index contributed by atoms with van der Waals surface area (Å²) in [6.45, 7) is 0. The summed E-state index contributed by atoms with van der Waals surface area (Å²) < 4.78 is 22.4. The molecule has 88 valence electrons. The molecule has 0 atom stereocenters. The second kappa shape index (κ2) is 4.65. The van der Waals surface area contributed by atoms with E-state index in [9.17, 15) is 13.2 Å². The third-order valence-electron chi connectivity index (χ3n) is 2.21. The van der Waals surface area contributed by atoms with Crippen LogP contribution >= 0.6 is 0 Å². The minimum Gasteiger partial charge on any atom is -0.349 e. The number of amides is 1. The number of nitrogens with zero attached hydrogens (tertiary/aromatic N) is 1. The zero-order valence-electron chi connectivity index (χ0n) is 9.60.